The first-order chi connectivity index (χ1) is 12.5. The van der Waals surface area contributed by atoms with Crippen LogP contribution in [0.5, 0.6) is 0 Å². The number of aryl methyl sites for hydroxylation is 1. The molecule has 136 valence electrons. The monoisotopic (exact) mass is 350 g/mol. The standard InChI is InChI=1S/C22H26N2O2/c1-16-6-8-19(9-7-16)14-26-22(25)20-10-11-21(18(3)17(20)2)23-15-24-12-4-5-13-24/h6-11,15H,4-5,12-14H2,1-3H3. The average molecular weight is 350 g/mol. The zero-order valence-electron chi connectivity index (χ0n) is 15.8. The van der Waals surface area contributed by atoms with Gasteiger partial charge in [0.2, 0.25) is 0 Å². The van der Waals surface area contributed by atoms with Crippen LogP contribution in [0.3, 0.4) is 0 Å². The van der Waals surface area contributed by atoms with Crippen molar-refractivity contribution in [3.8, 4) is 0 Å². The Bertz CT molecular complexity index is 804. The fourth-order valence-corrected chi connectivity index (χ4v) is 3.08. The van der Waals surface area contributed by atoms with Gasteiger partial charge in [-0.2, -0.15) is 0 Å². The molecule has 2 aromatic rings. The number of nitrogens with zero attached hydrogens (tertiary/aromatic N) is 2. The Hall–Kier alpha value is -2.62. The minimum Gasteiger partial charge on any atom is -0.457 e. The first kappa shape index (κ1) is 18.2. The second-order valence-electron chi connectivity index (χ2n) is 6.93. The molecule has 1 heterocycles. The molecule has 0 aliphatic carbocycles. The number of carbonyl (C=O) groups is 1. The predicted molar refractivity (Wildman–Crippen MR) is 105 cm³/mol. The summed E-state index contributed by atoms with van der Waals surface area (Å²) in [5.74, 6) is -0.291. The van der Waals surface area contributed by atoms with Crippen LogP contribution in [0.2, 0.25) is 0 Å². The Morgan fingerprint density at radius 2 is 1.73 bits per heavy atom. The Kier molecular flexibility index (Phi) is 5.71. The smallest absolute Gasteiger partial charge is 0.338 e. The van der Waals surface area contributed by atoms with Crippen molar-refractivity contribution in [1.29, 1.82) is 0 Å². The minimum atomic E-state index is -0.291. The fraction of sp³-hybridized carbons (Fsp3) is 0.364. The molecule has 26 heavy (non-hydrogen) atoms. The fourth-order valence-electron chi connectivity index (χ4n) is 3.08. The van der Waals surface area contributed by atoms with E-state index in [-0.39, 0.29) is 12.6 Å². The lowest BCUT2D eigenvalue weighted by atomic mass is 10.0. The van der Waals surface area contributed by atoms with Gasteiger partial charge < -0.3 is 9.64 Å². The molecule has 2 aromatic carbocycles. The number of aliphatic imine (C=N–C) groups is 1. The number of likely N-dealkylation sites (tertiary alicyclic amines) is 1. The number of ether oxygens (including phenoxy) is 1. The van der Waals surface area contributed by atoms with E-state index >= 15 is 0 Å². The SMILES string of the molecule is Cc1ccc(COC(=O)c2ccc(N=CN3CCCC3)c(C)c2C)cc1. The maximum atomic E-state index is 12.5. The Morgan fingerprint density at radius 3 is 2.42 bits per heavy atom. The molecule has 0 spiro atoms. The first-order valence-corrected chi connectivity index (χ1v) is 9.15. The second-order valence-corrected chi connectivity index (χ2v) is 6.93. The van der Waals surface area contributed by atoms with Gasteiger partial charge in [-0.25, -0.2) is 9.79 Å². The molecule has 1 fully saturated rings. The van der Waals surface area contributed by atoms with E-state index in [1.54, 1.807) is 0 Å². The summed E-state index contributed by atoms with van der Waals surface area (Å²) in [4.78, 5) is 19.3. The van der Waals surface area contributed by atoms with Crippen molar-refractivity contribution in [2.45, 2.75) is 40.2 Å². The summed E-state index contributed by atoms with van der Waals surface area (Å²) < 4.78 is 5.49. The van der Waals surface area contributed by atoms with Gasteiger partial charge in [-0.3, -0.25) is 0 Å². The van der Waals surface area contributed by atoms with Crippen molar-refractivity contribution in [3.05, 3.63) is 64.2 Å². The Balaban J connectivity index is 1.68. The molecule has 1 aliphatic heterocycles. The summed E-state index contributed by atoms with van der Waals surface area (Å²) in [5, 5.41) is 0. The quantitative estimate of drug-likeness (QED) is 0.445. The molecule has 0 saturated carbocycles. The second kappa shape index (κ2) is 8.17. The lowest BCUT2D eigenvalue weighted by molar-refractivity contribution is 0.0472. The van der Waals surface area contributed by atoms with Crippen LogP contribution in [0.25, 0.3) is 0 Å². The molecule has 1 aliphatic rings. The largest absolute Gasteiger partial charge is 0.457 e. The average Bonchev–Trinajstić information content (AvgIpc) is 3.16. The third kappa shape index (κ3) is 4.31. The third-order valence-electron chi connectivity index (χ3n) is 4.97. The van der Waals surface area contributed by atoms with Gasteiger partial charge in [-0.05, 0) is 62.4 Å². The van der Waals surface area contributed by atoms with Crippen LogP contribution in [-0.4, -0.2) is 30.3 Å². The van der Waals surface area contributed by atoms with Crippen molar-refractivity contribution in [2.75, 3.05) is 13.1 Å². The number of rotatable bonds is 5. The highest BCUT2D eigenvalue weighted by molar-refractivity contribution is 5.92. The van der Waals surface area contributed by atoms with E-state index in [0.717, 1.165) is 35.5 Å². The van der Waals surface area contributed by atoms with E-state index in [0.29, 0.717) is 5.56 Å². The molecular formula is C22H26N2O2. The lowest BCUT2D eigenvalue weighted by Crippen LogP contribution is -2.16. The number of benzene rings is 2. The summed E-state index contributed by atoms with van der Waals surface area (Å²) in [5.41, 5.74) is 5.64. The molecule has 3 rings (SSSR count). The van der Waals surface area contributed by atoms with Crippen molar-refractivity contribution in [3.63, 3.8) is 0 Å². The van der Waals surface area contributed by atoms with Crippen LogP contribution in [0.4, 0.5) is 5.69 Å². The molecule has 4 nitrogen and oxygen atoms in total. The van der Waals surface area contributed by atoms with E-state index in [9.17, 15) is 4.79 Å². The Labute approximate surface area is 155 Å². The maximum Gasteiger partial charge on any atom is 0.338 e. The van der Waals surface area contributed by atoms with Crippen LogP contribution in [-0.2, 0) is 11.3 Å². The number of esters is 1. The van der Waals surface area contributed by atoms with Crippen LogP contribution in [0.1, 0.15) is 45.5 Å². The molecule has 4 heteroatoms. The summed E-state index contributed by atoms with van der Waals surface area (Å²) >= 11 is 0. The van der Waals surface area contributed by atoms with E-state index < -0.39 is 0 Å². The van der Waals surface area contributed by atoms with Gasteiger partial charge in [0.05, 0.1) is 17.6 Å². The van der Waals surface area contributed by atoms with Crippen LogP contribution in [0.15, 0.2) is 41.4 Å². The van der Waals surface area contributed by atoms with Gasteiger partial charge in [0, 0.05) is 13.1 Å². The van der Waals surface area contributed by atoms with Crippen LogP contribution >= 0.6 is 0 Å². The summed E-state index contributed by atoms with van der Waals surface area (Å²) in [6.45, 7) is 8.42. The predicted octanol–water partition coefficient (Wildman–Crippen LogP) is 4.72. The zero-order valence-corrected chi connectivity index (χ0v) is 15.8. The van der Waals surface area contributed by atoms with Crippen molar-refractivity contribution < 1.29 is 9.53 Å². The van der Waals surface area contributed by atoms with E-state index in [2.05, 4.69) is 9.89 Å². The molecule has 0 radical (unpaired) electrons. The van der Waals surface area contributed by atoms with E-state index in [4.69, 9.17) is 4.74 Å². The summed E-state index contributed by atoms with van der Waals surface area (Å²) in [6.07, 6.45) is 4.38. The number of hydrogen-bond donors (Lipinski definition) is 0. The molecule has 0 aromatic heterocycles. The van der Waals surface area contributed by atoms with Crippen molar-refractivity contribution in [2.24, 2.45) is 4.99 Å². The van der Waals surface area contributed by atoms with E-state index in [1.807, 2.05) is 63.5 Å². The minimum absolute atomic E-state index is 0.284. The highest BCUT2D eigenvalue weighted by Crippen LogP contribution is 2.25. The van der Waals surface area contributed by atoms with Gasteiger partial charge >= 0.3 is 5.97 Å². The molecule has 0 N–H and O–H groups in total. The molecule has 1 saturated heterocycles. The highest BCUT2D eigenvalue weighted by Gasteiger charge is 2.14. The van der Waals surface area contributed by atoms with Crippen LogP contribution < -0.4 is 0 Å². The third-order valence-corrected chi connectivity index (χ3v) is 4.97. The van der Waals surface area contributed by atoms with Gasteiger partial charge in [-0.15, -0.1) is 0 Å². The topological polar surface area (TPSA) is 41.9 Å². The van der Waals surface area contributed by atoms with Gasteiger partial charge in [-0.1, -0.05) is 29.8 Å². The molecule has 0 unspecified atom stereocenters. The van der Waals surface area contributed by atoms with Gasteiger partial charge in [0.15, 0.2) is 0 Å². The van der Waals surface area contributed by atoms with Crippen molar-refractivity contribution >= 4 is 18.0 Å². The highest BCUT2D eigenvalue weighted by atomic mass is 16.5. The summed E-state index contributed by atoms with van der Waals surface area (Å²) in [7, 11) is 0. The Morgan fingerprint density at radius 1 is 1.04 bits per heavy atom. The van der Waals surface area contributed by atoms with Gasteiger partial charge in [0.1, 0.15) is 6.61 Å². The molecular weight excluding hydrogens is 324 g/mol. The number of carbonyl (C=O) groups excluding carboxylic acids is 1. The number of hydrogen-bond acceptors (Lipinski definition) is 3. The maximum absolute atomic E-state index is 12.5. The molecule has 0 bridgehead atoms. The molecule has 0 amide bonds. The normalized spacial score (nSPS) is 14.2. The summed E-state index contributed by atoms with van der Waals surface area (Å²) in [6, 6.07) is 11.7. The van der Waals surface area contributed by atoms with Crippen LogP contribution in [0, 0.1) is 20.8 Å². The zero-order chi connectivity index (χ0) is 18.5. The lowest BCUT2D eigenvalue weighted by Gasteiger charge is -2.13. The van der Waals surface area contributed by atoms with Gasteiger partial charge in [0.25, 0.3) is 0 Å². The van der Waals surface area contributed by atoms with E-state index in [1.165, 1.54) is 18.4 Å². The molecule has 0 atom stereocenters. The first-order valence-electron chi connectivity index (χ1n) is 9.15. The van der Waals surface area contributed by atoms with Crippen molar-refractivity contribution in [1.82, 2.24) is 4.90 Å².